The molecule has 1 saturated carbocycles. The van der Waals surface area contributed by atoms with Gasteiger partial charge in [0.05, 0.1) is 7.11 Å². The third-order valence-electron chi connectivity index (χ3n) is 2.91. The standard InChI is InChI=1S/C12H15BrClNO/c1-16-11-2-3-12(13)8(4-11)7-15-10-5-9(14)6-10/h2-4,9-10,15H,5-7H2,1H3. The van der Waals surface area contributed by atoms with Gasteiger partial charge in [-0.1, -0.05) is 15.9 Å². The third kappa shape index (κ3) is 2.90. The first-order valence-corrected chi connectivity index (χ1v) is 6.62. The van der Waals surface area contributed by atoms with Crippen LogP contribution in [0.4, 0.5) is 0 Å². The van der Waals surface area contributed by atoms with Crippen LogP contribution in [0.5, 0.6) is 5.75 Å². The smallest absolute Gasteiger partial charge is 0.119 e. The van der Waals surface area contributed by atoms with Crippen molar-refractivity contribution in [2.75, 3.05) is 7.11 Å². The van der Waals surface area contributed by atoms with Crippen molar-refractivity contribution in [3.05, 3.63) is 28.2 Å². The fourth-order valence-corrected chi connectivity index (χ4v) is 2.60. The topological polar surface area (TPSA) is 21.3 Å². The van der Waals surface area contributed by atoms with E-state index in [2.05, 4.69) is 21.2 Å². The van der Waals surface area contributed by atoms with E-state index < -0.39 is 0 Å². The van der Waals surface area contributed by atoms with Gasteiger partial charge < -0.3 is 10.1 Å². The number of rotatable bonds is 4. The van der Waals surface area contributed by atoms with Crippen molar-refractivity contribution < 1.29 is 4.74 Å². The highest BCUT2D eigenvalue weighted by Crippen LogP contribution is 2.27. The van der Waals surface area contributed by atoms with Crippen LogP contribution in [0.25, 0.3) is 0 Å². The molecule has 1 fully saturated rings. The summed E-state index contributed by atoms with van der Waals surface area (Å²) in [4.78, 5) is 0. The van der Waals surface area contributed by atoms with E-state index in [0.717, 1.165) is 29.6 Å². The van der Waals surface area contributed by atoms with Gasteiger partial charge in [0, 0.05) is 22.4 Å². The fraction of sp³-hybridized carbons (Fsp3) is 0.500. The molecular weight excluding hydrogens is 289 g/mol. The molecule has 1 aliphatic rings. The Hall–Kier alpha value is -0.250. The lowest BCUT2D eigenvalue weighted by molar-refractivity contribution is 0.344. The van der Waals surface area contributed by atoms with Crippen LogP contribution in [0, 0.1) is 0 Å². The minimum atomic E-state index is 0.367. The minimum Gasteiger partial charge on any atom is -0.497 e. The van der Waals surface area contributed by atoms with Gasteiger partial charge in [-0.15, -0.1) is 11.6 Å². The average Bonchev–Trinajstić information content (AvgIpc) is 2.25. The molecule has 16 heavy (non-hydrogen) atoms. The molecule has 0 heterocycles. The zero-order valence-corrected chi connectivity index (χ0v) is 11.5. The van der Waals surface area contributed by atoms with Gasteiger partial charge in [-0.2, -0.15) is 0 Å². The van der Waals surface area contributed by atoms with E-state index in [1.807, 2.05) is 18.2 Å². The number of nitrogens with one attached hydrogen (secondary N) is 1. The molecule has 1 N–H and O–H groups in total. The quantitative estimate of drug-likeness (QED) is 0.862. The number of alkyl halides is 1. The number of benzene rings is 1. The summed E-state index contributed by atoms with van der Waals surface area (Å²) in [5, 5.41) is 3.85. The molecule has 1 aliphatic carbocycles. The molecule has 1 aromatic rings. The molecule has 1 aromatic carbocycles. The third-order valence-corrected chi connectivity index (χ3v) is 4.04. The lowest BCUT2D eigenvalue weighted by atomic mass is 9.92. The highest BCUT2D eigenvalue weighted by Gasteiger charge is 2.26. The molecule has 0 spiro atoms. The molecule has 2 nitrogen and oxygen atoms in total. The van der Waals surface area contributed by atoms with Crippen molar-refractivity contribution in [2.45, 2.75) is 30.8 Å². The zero-order valence-electron chi connectivity index (χ0n) is 9.17. The van der Waals surface area contributed by atoms with Crippen LogP contribution in [-0.4, -0.2) is 18.5 Å². The second kappa shape index (κ2) is 5.39. The molecule has 0 radical (unpaired) electrons. The van der Waals surface area contributed by atoms with Crippen LogP contribution in [-0.2, 0) is 6.54 Å². The van der Waals surface area contributed by atoms with E-state index in [-0.39, 0.29) is 0 Å². The summed E-state index contributed by atoms with van der Waals surface area (Å²) in [5.74, 6) is 0.892. The summed E-state index contributed by atoms with van der Waals surface area (Å²) in [7, 11) is 1.68. The van der Waals surface area contributed by atoms with Crippen LogP contribution >= 0.6 is 27.5 Å². The fourth-order valence-electron chi connectivity index (χ4n) is 1.78. The highest BCUT2D eigenvalue weighted by molar-refractivity contribution is 9.10. The molecule has 88 valence electrons. The Morgan fingerprint density at radius 3 is 2.88 bits per heavy atom. The van der Waals surface area contributed by atoms with E-state index >= 15 is 0 Å². The van der Waals surface area contributed by atoms with Gasteiger partial charge in [0.15, 0.2) is 0 Å². The predicted molar refractivity (Wildman–Crippen MR) is 70.2 cm³/mol. The van der Waals surface area contributed by atoms with Gasteiger partial charge in [0.1, 0.15) is 5.75 Å². The van der Waals surface area contributed by atoms with E-state index in [4.69, 9.17) is 16.3 Å². The molecule has 2 rings (SSSR count). The second-order valence-corrected chi connectivity index (χ2v) is 5.58. The van der Waals surface area contributed by atoms with Crippen molar-refractivity contribution in [1.29, 1.82) is 0 Å². The predicted octanol–water partition coefficient (Wildman–Crippen LogP) is 3.32. The SMILES string of the molecule is COc1ccc(Br)c(CNC2CC(Cl)C2)c1. The summed E-state index contributed by atoms with van der Waals surface area (Å²) < 4.78 is 6.32. The van der Waals surface area contributed by atoms with Gasteiger partial charge in [-0.05, 0) is 36.6 Å². The van der Waals surface area contributed by atoms with Gasteiger partial charge >= 0.3 is 0 Å². The maximum Gasteiger partial charge on any atom is 0.119 e. The van der Waals surface area contributed by atoms with Crippen molar-refractivity contribution in [3.8, 4) is 5.75 Å². The van der Waals surface area contributed by atoms with Crippen LogP contribution < -0.4 is 10.1 Å². The molecule has 0 amide bonds. The molecule has 4 heteroatoms. The monoisotopic (exact) mass is 303 g/mol. The highest BCUT2D eigenvalue weighted by atomic mass is 79.9. The summed E-state index contributed by atoms with van der Waals surface area (Å²) in [5.41, 5.74) is 1.22. The molecule has 0 bridgehead atoms. The molecule has 0 aromatic heterocycles. The summed E-state index contributed by atoms with van der Waals surface area (Å²) in [6, 6.07) is 6.58. The largest absolute Gasteiger partial charge is 0.497 e. The van der Waals surface area contributed by atoms with E-state index in [9.17, 15) is 0 Å². The number of halogens is 2. The summed E-state index contributed by atoms with van der Waals surface area (Å²) in [6.45, 7) is 0.853. The van der Waals surface area contributed by atoms with E-state index in [0.29, 0.717) is 11.4 Å². The Morgan fingerprint density at radius 2 is 2.25 bits per heavy atom. The van der Waals surface area contributed by atoms with Gasteiger partial charge in [-0.3, -0.25) is 0 Å². The molecule has 0 saturated heterocycles. The normalized spacial score (nSPS) is 23.9. The Labute approximate surface area is 109 Å². The number of hydrogen-bond donors (Lipinski definition) is 1. The zero-order chi connectivity index (χ0) is 11.5. The van der Waals surface area contributed by atoms with Crippen LogP contribution in [0.15, 0.2) is 22.7 Å². The van der Waals surface area contributed by atoms with Crippen molar-refractivity contribution >= 4 is 27.5 Å². The Balaban J connectivity index is 1.92. The molecule has 0 unspecified atom stereocenters. The summed E-state index contributed by atoms with van der Waals surface area (Å²) in [6.07, 6.45) is 2.15. The first-order valence-electron chi connectivity index (χ1n) is 5.39. The number of methoxy groups -OCH3 is 1. The molecular formula is C12H15BrClNO. The number of ether oxygens (including phenoxy) is 1. The van der Waals surface area contributed by atoms with Crippen LogP contribution in [0.2, 0.25) is 0 Å². The van der Waals surface area contributed by atoms with Crippen LogP contribution in [0.1, 0.15) is 18.4 Å². The van der Waals surface area contributed by atoms with E-state index in [1.54, 1.807) is 7.11 Å². The summed E-state index contributed by atoms with van der Waals surface area (Å²) >= 11 is 9.48. The first-order chi connectivity index (χ1) is 7.69. The van der Waals surface area contributed by atoms with Crippen LogP contribution in [0.3, 0.4) is 0 Å². The van der Waals surface area contributed by atoms with Crippen molar-refractivity contribution in [1.82, 2.24) is 5.32 Å². The van der Waals surface area contributed by atoms with Crippen molar-refractivity contribution in [2.24, 2.45) is 0 Å². The average molecular weight is 305 g/mol. The maximum atomic E-state index is 5.94. The van der Waals surface area contributed by atoms with Crippen molar-refractivity contribution in [3.63, 3.8) is 0 Å². The lowest BCUT2D eigenvalue weighted by Gasteiger charge is -2.31. The molecule has 0 aliphatic heterocycles. The van der Waals surface area contributed by atoms with Gasteiger partial charge in [0.2, 0.25) is 0 Å². The van der Waals surface area contributed by atoms with Gasteiger partial charge in [-0.25, -0.2) is 0 Å². The maximum absolute atomic E-state index is 5.94. The lowest BCUT2D eigenvalue weighted by Crippen LogP contribution is -2.41. The minimum absolute atomic E-state index is 0.367. The van der Waals surface area contributed by atoms with E-state index in [1.165, 1.54) is 5.56 Å². The Bertz CT molecular complexity index is 366. The molecule has 0 atom stereocenters. The second-order valence-electron chi connectivity index (χ2n) is 4.10. The number of hydrogen-bond acceptors (Lipinski definition) is 2. The Morgan fingerprint density at radius 1 is 1.50 bits per heavy atom. The Kier molecular flexibility index (Phi) is 4.11. The van der Waals surface area contributed by atoms with Gasteiger partial charge in [0.25, 0.3) is 0 Å². The first kappa shape index (κ1) is 12.2.